The Kier molecular flexibility index (Phi) is 4.31. The largest absolute Gasteiger partial charge is 0.480 e. The lowest BCUT2D eigenvalue weighted by Gasteiger charge is -2.16. The van der Waals surface area contributed by atoms with E-state index in [0.29, 0.717) is 6.54 Å². The zero-order valence-electron chi connectivity index (χ0n) is 9.87. The molecule has 0 radical (unpaired) electrons. The van der Waals surface area contributed by atoms with Gasteiger partial charge in [0.25, 0.3) is 0 Å². The predicted octanol–water partition coefficient (Wildman–Crippen LogP) is 1.39. The van der Waals surface area contributed by atoms with Gasteiger partial charge in [0.2, 0.25) is 0 Å². The second kappa shape index (κ2) is 5.51. The lowest BCUT2D eigenvalue weighted by atomic mass is 10.1. The van der Waals surface area contributed by atoms with Crippen LogP contribution in [-0.4, -0.2) is 30.7 Å². The molecule has 0 heterocycles. The first-order chi connectivity index (χ1) is 7.56. The molecule has 0 aliphatic carbocycles. The van der Waals surface area contributed by atoms with Crippen molar-refractivity contribution in [2.75, 3.05) is 18.9 Å². The minimum atomic E-state index is -0.846. The maximum Gasteiger partial charge on any atom is 0.322 e. The Balaban J connectivity index is 2.70. The third kappa shape index (κ3) is 2.97. The van der Waals surface area contributed by atoms with E-state index in [1.807, 2.05) is 32.0 Å². The van der Waals surface area contributed by atoms with E-state index >= 15 is 0 Å². The van der Waals surface area contributed by atoms with Crippen molar-refractivity contribution in [3.05, 3.63) is 29.3 Å². The number of carbonyl (C=O) groups is 1. The Morgan fingerprint density at radius 1 is 1.38 bits per heavy atom. The van der Waals surface area contributed by atoms with Crippen LogP contribution < -0.4 is 10.6 Å². The summed E-state index contributed by atoms with van der Waals surface area (Å²) in [5, 5.41) is 14.8. The summed E-state index contributed by atoms with van der Waals surface area (Å²) in [6, 6.07) is 5.43. The van der Waals surface area contributed by atoms with E-state index in [-0.39, 0.29) is 0 Å². The Bertz CT molecular complexity index is 357. The number of benzene rings is 1. The zero-order chi connectivity index (χ0) is 12.1. The number of nitrogens with one attached hydrogen (secondary N) is 2. The lowest BCUT2D eigenvalue weighted by Crippen LogP contribution is -2.40. The number of aryl methyl sites for hydroxylation is 2. The number of aliphatic carboxylic acids is 1. The van der Waals surface area contributed by atoms with Crippen LogP contribution >= 0.6 is 0 Å². The van der Waals surface area contributed by atoms with Crippen LogP contribution in [0.1, 0.15) is 11.1 Å². The number of likely N-dealkylation sites (N-methyl/N-ethyl adjacent to an activating group) is 1. The molecule has 1 rings (SSSR count). The van der Waals surface area contributed by atoms with Gasteiger partial charge in [-0.3, -0.25) is 4.79 Å². The van der Waals surface area contributed by atoms with Crippen molar-refractivity contribution in [2.45, 2.75) is 19.9 Å². The molecule has 0 fully saturated rings. The van der Waals surface area contributed by atoms with Crippen LogP contribution in [-0.2, 0) is 4.79 Å². The Morgan fingerprint density at radius 3 is 2.38 bits per heavy atom. The van der Waals surface area contributed by atoms with Crippen LogP contribution in [0.3, 0.4) is 0 Å². The molecule has 4 nitrogen and oxygen atoms in total. The molecule has 0 aromatic heterocycles. The molecule has 0 aliphatic heterocycles. The van der Waals surface area contributed by atoms with Crippen molar-refractivity contribution in [3.63, 3.8) is 0 Å². The second-order valence-corrected chi connectivity index (χ2v) is 3.83. The average molecular weight is 222 g/mol. The minimum Gasteiger partial charge on any atom is -0.480 e. The molecule has 1 aromatic rings. The summed E-state index contributed by atoms with van der Waals surface area (Å²) >= 11 is 0. The first kappa shape index (κ1) is 12.5. The fraction of sp³-hybridized carbons (Fsp3) is 0.417. The van der Waals surface area contributed by atoms with Crippen LogP contribution in [0.5, 0.6) is 0 Å². The van der Waals surface area contributed by atoms with E-state index < -0.39 is 12.0 Å². The maximum absolute atomic E-state index is 10.8. The molecule has 1 unspecified atom stereocenters. The van der Waals surface area contributed by atoms with Crippen LogP contribution in [0.2, 0.25) is 0 Å². The fourth-order valence-electron chi connectivity index (χ4n) is 1.61. The summed E-state index contributed by atoms with van der Waals surface area (Å²) < 4.78 is 0. The summed E-state index contributed by atoms with van der Waals surface area (Å²) in [4.78, 5) is 10.8. The maximum atomic E-state index is 10.8. The molecule has 88 valence electrons. The molecular formula is C12H18N2O2. The van der Waals surface area contributed by atoms with Gasteiger partial charge in [-0.05, 0) is 32.0 Å². The van der Waals surface area contributed by atoms with Gasteiger partial charge in [-0.15, -0.1) is 0 Å². The number of para-hydroxylation sites is 1. The standard InChI is InChI=1S/C12H18N2O2/c1-8-5-4-6-9(2)11(8)14-7-10(13-3)12(15)16/h4-6,10,13-14H,7H2,1-3H3,(H,15,16). The number of hydrogen-bond donors (Lipinski definition) is 3. The van der Waals surface area contributed by atoms with Gasteiger partial charge in [0, 0.05) is 12.2 Å². The average Bonchev–Trinajstić information content (AvgIpc) is 2.22. The number of carboxylic acids is 1. The third-order valence-corrected chi connectivity index (χ3v) is 2.61. The number of hydrogen-bond acceptors (Lipinski definition) is 3. The number of carboxylic acid groups (broad SMARTS) is 1. The van der Waals surface area contributed by atoms with Gasteiger partial charge in [0.15, 0.2) is 0 Å². The van der Waals surface area contributed by atoms with Crippen LogP contribution in [0.4, 0.5) is 5.69 Å². The predicted molar refractivity (Wildman–Crippen MR) is 64.9 cm³/mol. The van der Waals surface area contributed by atoms with Gasteiger partial charge in [0.05, 0.1) is 0 Å². The summed E-state index contributed by atoms with van der Waals surface area (Å²) in [5.74, 6) is -0.846. The van der Waals surface area contributed by atoms with Crippen molar-refractivity contribution in [1.82, 2.24) is 5.32 Å². The summed E-state index contributed by atoms with van der Waals surface area (Å²) in [6.07, 6.45) is 0. The molecule has 0 aliphatic rings. The monoisotopic (exact) mass is 222 g/mol. The van der Waals surface area contributed by atoms with E-state index in [0.717, 1.165) is 16.8 Å². The Morgan fingerprint density at radius 2 is 1.94 bits per heavy atom. The van der Waals surface area contributed by atoms with Crippen molar-refractivity contribution in [2.24, 2.45) is 0 Å². The second-order valence-electron chi connectivity index (χ2n) is 3.83. The molecule has 0 bridgehead atoms. The Labute approximate surface area is 95.7 Å². The van der Waals surface area contributed by atoms with E-state index in [1.165, 1.54) is 0 Å². The van der Waals surface area contributed by atoms with Crippen molar-refractivity contribution < 1.29 is 9.90 Å². The van der Waals surface area contributed by atoms with Crippen LogP contribution in [0.15, 0.2) is 18.2 Å². The van der Waals surface area contributed by atoms with E-state index in [4.69, 9.17) is 5.11 Å². The van der Waals surface area contributed by atoms with Crippen molar-refractivity contribution >= 4 is 11.7 Å². The molecule has 3 N–H and O–H groups in total. The smallest absolute Gasteiger partial charge is 0.322 e. The molecule has 4 heteroatoms. The number of rotatable bonds is 5. The first-order valence-corrected chi connectivity index (χ1v) is 5.26. The minimum absolute atomic E-state index is 0.373. The van der Waals surface area contributed by atoms with Gasteiger partial charge in [0.1, 0.15) is 6.04 Å². The van der Waals surface area contributed by atoms with Gasteiger partial charge in [-0.25, -0.2) is 0 Å². The SMILES string of the molecule is CNC(CNc1c(C)cccc1C)C(=O)O. The number of anilines is 1. The summed E-state index contributed by atoms with van der Waals surface area (Å²) in [7, 11) is 1.64. The van der Waals surface area contributed by atoms with Gasteiger partial charge in [-0.1, -0.05) is 18.2 Å². The zero-order valence-corrected chi connectivity index (χ0v) is 9.87. The highest BCUT2D eigenvalue weighted by molar-refractivity contribution is 5.74. The molecular weight excluding hydrogens is 204 g/mol. The quantitative estimate of drug-likeness (QED) is 0.704. The highest BCUT2D eigenvalue weighted by Crippen LogP contribution is 2.19. The molecule has 1 atom stereocenters. The van der Waals surface area contributed by atoms with E-state index in [1.54, 1.807) is 7.05 Å². The summed E-state index contributed by atoms with van der Waals surface area (Å²) in [5.41, 5.74) is 3.27. The van der Waals surface area contributed by atoms with Gasteiger partial charge < -0.3 is 15.7 Å². The van der Waals surface area contributed by atoms with E-state index in [9.17, 15) is 4.79 Å². The normalized spacial score (nSPS) is 12.2. The molecule has 0 spiro atoms. The summed E-state index contributed by atoms with van der Waals surface area (Å²) in [6.45, 7) is 4.38. The van der Waals surface area contributed by atoms with Crippen molar-refractivity contribution in [1.29, 1.82) is 0 Å². The van der Waals surface area contributed by atoms with Gasteiger partial charge >= 0.3 is 5.97 Å². The van der Waals surface area contributed by atoms with Gasteiger partial charge in [-0.2, -0.15) is 0 Å². The molecule has 16 heavy (non-hydrogen) atoms. The third-order valence-electron chi connectivity index (χ3n) is 2.61. The van der Waals surface area contributed by atoms with Crippen molar-refractivity contribution in [3.8, 4) is 0 Å². The highest BCUT2D eigenvalue weighted by atomic mass is 16.4. The Hall–Kier alpha value is -1.55. The van der Waals surface area contributed by atoms with E-state index in [2.05, 4.69) is 10.6 Å². The topological polar surface area (TPSA) is 61.4 Å². The molecule has 0 saturated carbocycles. The fourth-order valence-corrected chi connectivity index (χ4v) is 1.61. The molecule has 0 saturated heterocycles. The molecule has 1 aromatic carbocycles. The first-order valence-electron chi connectivity index (χ1n) is 5.26. The highest BCUT2D eigenvalue weighted by Gasteiger charge is 2.14. The lowest BCUT2D eigenvalue weighted by molar-refractivity contribution is -0.138. The van der Waals surface area contributed by atoms with Crippen LogP contribution in [0.25, 0.3) is 0 Å². The molecule has 0 amide bonds. The van der Waals surface area contributed by atoms with Crippen LogP contribution in [0, 0.1) is 13.8 Å².